The Morgan fingerprint density at radius 3 is 2.65 bits per heavy atom. The molecular formula is C17H15FN2O3. The number of halogens is 1. The molecule has 2 aromatic heterocycles. The molecule has 0 aliphatic rings. The molecule has 0 amide bonds. The van der Waals surface area contributed by atoms with Crippen LogP contribution in [0.2, 0.25) is 0 Å². The number of aromatic nitrogens is 2. The van der Waals surface area contributed by atoms with Gasteiger partial charge in [0.1, 0.15) is 17.2 Å². The Hall–Kier alpha value is -2.89. The van der Waals surface area contributed by atoms with E-state index in [0.717, 1.165) is 11.3 Å². The number of ether oxygens (including phenoxy) is 1. The fourth-order valence-corrected chi connectivity index (χ4v) is 2.52. The molecule has 1 aromatic carbocycles. The number of carboxylic acid groups (broad SMARTS) is 1. The first-order valence-corrected chi connectivity index (χ1v) is 7.07. The van der Waals surface area contributed by atoms with E-state index in [9.17, 15) is 9.18 Å². The smallest absolute Gasteiger partial charge is 0.309 e. The van der Waals surface area contributed by atoms with Crippen molar-refractivity contribution in [2.24, 2.45) is 0 Å². The van der Waals surface area contributed by atoms with Gasteiger partial charge in [-0.15, -0.1) is 0 Å². The first-order chi connectivity index (χ1) is 11.1. The molecule has 3 rings (SSSR count). The molecule has 0 saturated heterocycles. The van der Waals surface area contributed by atoms with E-state index in [1.807, 2.05) is 24.3 Å². The number of methoxy groups -OCH3 is 1. The van der Waals surface area contributed by atoms with Crippen LogP contribution in [0.25, 0.3) is 5.65 Å². The molecule has 6 heteroatoms. The standard InChI is InChI=1S/C17H15FN2O3/c1-23-13-5-2-11(3-6-13)8-14-15(9-17(21)22)20-10-12(18)4-7-16(20)19-14/h2-7,10H,8-9H2,1H3,(H,21,22). The maximum Gasteiger partial charge on any atom is 0.309 e. The number of fused-ring (bicyclic) bond motifs is 1. The highest BCUT2D eigenvalue weighted by molar-refractivity contribution is 5.70. The molecule has 23 heavy (non-hydrogen) atoms. The van der Waals surface area contributed by atoms with Crippen molar-refractivity contribution in [1.29, 1.82) is 0 Å². The average Bonchev–Trinajstić information content (AvgIpc) is 2.85. The second-order valence-corrected chi connectivity index (χ2v) is 5.18. The molecule has 1 N–H and O–H groups in total. The lowest BCUT2D eigenvalue weighted by Crippen LogP contribution is -2.06. The minimum atomic E-state index is -0.980. The predicted octanol–water partition coefficient (Wildman–Crippen LogP) is 2.70. The minimum absolute atomic E-state index is 0.212. The Morgan fingerprint density at radius 1 is 1.26 bits per heavy atom. The summed E-state index contributed by atoms with van der Waals surface area (Å²) in [6.07, 6.45) is 1.52. The fourth-order valence-electron chi connectivity index (χ4n) is 2.52. The highest BCUT2D eigenvalue weighted by Gasteiger charge is 2.16. The fraction of sp³-hybridized carbons (Fsp3) is 0.176. The van der Waals surface area contributed by atoms with E-state index in [0.29, 0.717) is 23.5 Å². The average molecular weight is 314 g/mol. The summed E-state index contributed by atoms with van der Waals surface area (Å²) in [5, 5.41) is 9.12. The van der Waals surface area contributed by atoms with E-state index in [2.05, 4.69) is 4.98 Å². The molecule has 0 bridgehead atoms. The van der Waals surface area contributed by atoms with Crippen LogP contribution >= 0.6 is 0 Å². The van der Waals surface area contributed by atoms with Gasteiger partial charge >= 0.3 is 5.97 Å². The summed E-state index contributed by atoms with van der Waals surface area (Å²) in [6.45, 7) is 0. The number of imidazole rings is 1. The summed E-state index contributed by atoms with van der Waals surface area (Å²) in [7, 11) is 1.59. The molecule has 118 valence electrons. The third kappa shape index (κ3) is 3.15. The summed E-state index contributed by atoms with van der Waals surface area (Å²) in [4.78, 5) is 15.6. The second kappa shape index (κ2) is 6.08. The van der Waals surface area contributed by atoms with Crippen LogP contribution in [0, 0.1) is 5.82 Å². The molecule has 0 radical (unpaired) electrons. The highest BCUT2D eigenvalue weighted by atomic mass is 19.1. The number of hydrogen-bond donors (Lipinski definition) is 1. The lowest BCUT2D eigenvalue weighted by atomic mass is 10.1. The Bertz CT molecular complexity index is 856. The molecule has 0 fully saturated rings. The Kier molecular flexibility index (Phi) is 3.97. The number of benzene rings is 1. The van der Waals surface area contributed by atoms with Crippen molar-refractivity contribution < 1.29 is 19.0 Å². The van der Waals surface area contributed by atoms with Crippen molar-refractivity contribution in [3.05, 3.63) is 65.4 Å². The minimum Gasteiger partial charge on any atom is -0.497 e. The van der Waals surface area contributed by atoms with Crippen molar-refractivity contribution in [3.8, 4) is 5.75 Å². The molecule has 0 spiro atoms. The molecule has 0 unspecified atom stereocenters. The largest absolute Gasteiger partial charge is 0.497 e. The van der Waals surface area contributed by atoms with Crippen LogP contribution in [0.3, 0.4) is 0 Å². The van der Waals surface area contributed by atoms with Crippen LogP contribution in [-0.2, 0) is 17.6 Å². The number of nitrogens with zero attached hydrogens (tertiary/aromatic N) is 2. The number of rotatable bonds is 5. The Morgan fingerprint density at radius 2 is 2.00 bits per heavy atom. The summed E-state index contributed by atoms with van der Waals surface area (Å²) >= 11 is 0. The lowest BCUT2D eigenvalue weighted by molar-refractivity contribution is -0.136. The van der Waals surface area contributed by atoms with Gasteiger partial charge in [-0.25, -0.2) is 9.37 Å². The molecule has 0 saturated carbocycles. The first kappa shape index (κ1) is 15.0. The SMILES string of the molecule is COc1ccc(Cc2nc3ccc(F)cn3c2CC(=O)O)cc1. The van der Waals surface area contributed by atoms with Gasteiger partial charge in [0.15, 0.2) is 0 Å². The van der Waals surface area contributed by atoms with Crippen LogP contribution in [-0.4, -0.2) is 27.6 Å². The van der Waals surface area contributed by atoms with Gasteiger partial charge in [-0.3, -0.25) is 4.79 Å². The van der Waals surface area contributed by atoms with Gasteiger partial charge < -0.3 is 14.2 Å². The quantitative estimate of drug-likeness (QED) is 0.786. The van der Waals surface area contributed by atoms with E-state index in [1.54, 1.807) is 7.11 Å². The molecular weight excluding hydrogens is 299 g/mol. The Labute approximate surface area is 132 Å². The second-order valence-electron chi connectivity index (χ2n) is 5.18. The van der Waals surface area contributed by atoms with Crippen molar-refractivity contribution in [1.82, 2.24) is 9.38 Å². The number of pyridine rings is 1. The summed E-state index contributed by atoms with van der Waals surface area (Å²) in [5.41, 5.74) is 2.62. The van der Waals surface area contributed by atoms with Gasteiger partial charge in [0, 0.05) is 12.6 Å². The number of carboxylic acids is 1. The molecule has 0 aliphatic carbocycles. The van der Waals surface area contributed by atoms with Crippen LogP contribution < -0.4 is 4.74 Å². The lowest BCUT2D eigenvalue weighted by Gasteiger charge is -2.04. The van der Waals surface area contributed by atoms with Crippen molar-refractivity contribution in [3.63, 3.8) is 0 Å². The molecule has 3 aromatic rings. The number of aliphatic carboxylic acids is 1. The third-order valence-corrected chi connectivity index (χ3v) is 3.61. The highest BCUT2D eigenvalue weighted by Crippen LogP contribution is 2.20. The maximum atomic E-state index is 13.5. The van der Waals surface area contributed by atoms with Crippen LogP contribution in [0.1, 0.15) is 17.0 Å². The van der Waals surface area contributed by atoms with Crippen LogP contribution in [0.5, 0.6) is 5.75 Å². The van der Waals surface area contributed by atoms with Crippen LogP contribution in [0.4, 0.5) is 4.39 Å². The van der Waals surface area contributed by atoms with E-state index >= 15 is 0 Å². The van der Waals surface area contributed by atoms with Crippen molar-refractivity contribution in [2.45, 2.75) is 12.8 Å². The zero-order valence-electron chi connectivity index (χ0n) is 12.5. The van der Waals surface area contributed by atoms with E-state index in [-0.39, 0.29) is 6.42 Å². The third-order valence-electron chi connectivity index (χ3n) is 3.61. The van der Waals surface area contributed by atoms with E-state index in [1.165, 1.54) is 22.7 Å². The zero-order valence-corrected chi connectivity index (χ0v) is 12.5. The van der Waals surface area contributed by atoms with Crippen molar-refractivity contribution in [2.75, 3.05) is 7.11 Å². The monoisotopic (exact) mass is 314 g/mol. The summed E-state index contributed by atoms with van der Waals surface area (Å²) < 4.78 is 20.1. The number of carbonyl (C=O) groups is 1. The van der Waals surface area contributed by atoms with Gasteiger partial charge in [-0.05, 0) is 29.8 Å². The van der Waals surface area contributed by atoms with Crippen LogP contribution in [0.15, 0.2) is 42.6 Å². The van der Waals surface area contributed by atoms with Gasteiger partial charge in [0.05, 0.1) is 24.9 Å². The van der Waals surface area contributed by atoms with Gasteiger partial charge in [0.2, 0.25) is 0 Å². The van der Waals surface area contributed by atoms with Gasteiger partial charge in [-0.1, -0.05) is 12.1 Å². The van der Waals surface area contributed by atoms with E-state index in [4.69, 9.17) is 9.84 Å². The van der Waals surface area contributed by atoms with Gasteiger partial charge in [-0.2, -0.15) is 0 Å². The van der Waals surface area contributed by atoms with Crippen molar-refractivity contribution >= 4 is 11.6 Å². The normalized spacial score (nSPS) is 10.9. The molecule has 0 atom stereocenters. The van der Waals surface area contributed by atoms with E-state index < -0.39 is 11.8 Å². The maximum absolute atomic E-state index is 13.5. The molecule has 2 heterocycles. The molecule has 0 aliphatic heterocycles. The topological polar surface area (TPSA) is 63.8 Å². The van der Waals surface area contributed by atoms with Gasteiger partial charge in [0.25, 0.3) is 0 Å². The zero-order chi connectivity index (χ0) is 16.4. The number of hydrogen-bond acceptors (Lipinski definition) is 3. The molecule has 5 nitrogen and oxygen atoms in total. The first-order valence-electron chi connectivity index (χ1n) is 7.07. The predicted molar refractivity (Wildman–Crippen MR) is 82.3 cm³/mol. The Balaban J connectivity index is 2.02. The summed E-state index contributed by atoms with van der Waals surface area (Å²) in [6, 6.07) is 10.3. The summed E-state index contributed by atoms with van der Waals surface area (Å²) in [5.74, 6) is -0.666.